The first-order valence-corrected chi connectivity index (χ1v) is 10.0. The zero-order valence-corrected chi connectivity index (χ0v) is 15.8. The summed E-state index contributed by atoms with van der Waals surface area (Å²) in [5.74, 6) is 3.87. The molecule has 0 amide bonds. The molecule has 7 rings (SSSR count). The molecule has 4 bridgehead atoms. The summed E-state index contributed by atoms with van der Waals surface area (Å²) in [6.45, 7) is 2.47. The Bertz CT molecular complexity index is 978. The van der Waals surface area contributed by atoms with Crippen molar-refractivity contribution in [3.8, 4) is 11.6 Å². The summed E-state index contributed by atoms with van der Waals surface area (Å²) in [6.07, 6.45) is 8.66. The van der Waals surface area contributed by atoms with Crippen molar-refractivity contribution in [2.24, 2.45) is 11.8 Å². The van der Waals surface area contributed by atoms with Crippen molar-refractivity contribution in [3.05, 3.63) is 30.1 Å². The predicted octanol–water partition coefficient (Wildman–Crippen LogP) is 2.46. The Morgan fingerprint density at radius 2 is 2.11 bits per heavy atom. The van der Waals surface area contributed by atoms with Gasteiger partial charge < -0.3 is 14.3 Å². The zero-order valence-electron chi connectivity index (χ0n) is 15.8. The van der Waals surface area contributed by atoms with Crippen molar-refractivity contribution < 1.29 is 8.94 Å². The van der Waals surface area contributed by atoms with Crippen molar-refractivity contribution in [3.63, 3.8) is 0 Å². The summed E-state index contributed by atoms with van der Waals surface area (Å²) in [5.41, 5.74) is 0.0669. The molecule has 4 saturated carbocycles. The van der Waals surface area contributed by atoms with Crippen LogP contribution in [0.2, 0.25) is 0 Å². The summed E-state index contributed by atoms with van der Waals surface area (Å²) in [4.78, 5) is 6.39. The topological polar surface area (TPSA) is 108 Å². The molecule has 4 aliphatic carbocycles. The highest BCUT2D eigenvalue weighted by Crippen LogP contribution is 2.60. The number of hydrogen-bond acceptors (Lipinski definition) is 8. The van der Waals surface area contributed by atoms with E-state index < -0.39 is 0 Å². The fraction of sp³-hybridized carbons (Fsp3) is 0.632. The Balaban J connectivity index is 1.24. The van der Waals surface area contributed by atoms with Crippen molar-refractivity contribution >= 4 is 0 Å². The van der Waals surface area contributed by atoms with Gasteiger partial charge in [0.15, 0.2) is 11.6 Å². The summed E-state index contributed by atoms with van der Waals surface area (Å²) in [5, 5.41) is 20.9. The predicted molar refractivity (Wildman–Crippen MR) is 96.8 cm³/mol. The van der Waals surface area contributed by atoms with Gasteiger partial charge in [-0.1, -0.05) is 5.16 Å². The van der Waals surface area contributed by atoms with Gasteiger partial charge in [-0.15, -0.1) is 10.2 Å². The van der Waals surface area contributed by atoms with Crippen LogP contribution in [-0.4, -0.2) is 35.9 Å². The van der Waals surface area contributed by atoms with Crippen molar-refractivity contribution in [1.29, 1.82) is 0 Å². The molecule has 9 nitrogen and oxygen atoms in total. The van der Waals surface area contributed by atoms with E-state index in [1.165, 1.54) is 19.3 Å². The van der Waals surface area contributed by atoms with Gasteiger partial charge in [0, 0.05) is 5.54 Å². The molecule has 0 spiro atoms. The van der Waals surface area contributed by atoms with Crippen LogP contribution < -0.4 is 5.32 Å². The number of tetrazole rings is 1. The van der Waals surface area contributed by atoms with Gasteiger partial charge in [-0.05, 0) is 74.6 Å². The van der Waals surface area contributed by atoms with Crippen LogP contribution in [0.5, 0.6) is 0 Å². The summed E-state index contributed by atoms with van der Waals surface area (Å²) < 4.78 is 10.8. The number of nitrogens with zero attached hydrogens (tertiary/aromatic N) is 6. The summed E-state index contributed by atoms with van der Waals surface area (Å²) in [6, 6.07) is 3.65. The standard InChI is InChI=1S/C19H23N7O2/c1-12-22-25-26(23-12)19-8-13-5-14(9-19)7-18(6-13,11-19)20-10-16-21-17(24-28-16)15-3-2-4-27-15/h2-4,13-14,20H,5-11H2,1H3/t13-,14-,18?,19?/m1/s1. The number of nitrogens with one attached hydrogen (secondary N) is 1. The Labute approximate surface area is 161 Å². The summed E-state index contributed by atoms with van der Waals surface area (Å²) in [7, 11) is 0. The van der Waals surface area contributed by atoms with Crippen LogP contribution in [0, 0.1) is 18.8 Å². The van der Waals surface area contributed by atoms with Crippen molar-refractivity contribution in [1.82, 2.24) is 35.7 Å². The molecule has 0 unspecified atom stereocenters. The molecule has 3 aromatic heterocycles. The molecule has 0 saturated heterocycles. The van der Waals surface area contributed by atoms with Gasteiger partial charge in [-0.25, -0.2) is 0 Å². The highest BCUT2D eigenvalue weighted by atomic mass is 16.5. The average Bonchev–Trinajstić information content (AvgIpc) is 3.40. The third-order valence-electron chi connectivity index (χ3n) is 6.79. The van der Waals surface area contributed by atoms with Crippen LogP contribution in [0.1, 0.15) is 50.2 Å². The highest BCUT2D eigenvalue weighted by Gasteiger charge is 2.59. The van der Waals surface area contributed by atoms with Crippen LogP contribution in [0.15, 0.2) is 27.3 Å². The minimum atomic E-state index is -0.00743. The Morgan fingerprint density at radius 3 is 2.82 bits per heavy atom. The molecule has 146 valence electrons. The van der Waals surface area contributed by atoms with E-state index in [4.69, 9.17) is 8.94 Å². The molecular formula is C19H23N7O2. The number of hydrogen-bond donors (Lipinski definition) is 1. The third-order valence-corrected chi connectivity index (χ3v) is 6.79. The second-order valence-corrected chi connectivity index (χ2v) is 8.93. The molecule has 3 aromatic rings. The lowest BCUT2D eigenvalue weighted by atomic mass is 9.50. The number of rotatable bonds is 5. The smallest absolute Gasteiger partial charge is 0.241 e. The molecule has 0 aromatic carbocycles. The van der Waals surface area contributed by atoms with E-state index in [0.717, 1.165) is 25.1 Å². The maximum Gasteiger partial charge on any atom is 0.241 e. The average molecular weight is 381 g/mol. The van der Waals surface area contributed by atoms with E-state index in [-0.39, 0.29) is 11.1 Å². The lowest BCUT2D eigenvalue weighted by Crippen LogP contribution is -2.65. The maximum absolute atomic E-state index is 5.44. The molecule has 1 N–H and O–H groups in total. The molecular weight excluding hydrogens is 358 g/mol. The first-order chi connectivity index (χ1) is 13.6. The lowest BCUT2D eigenvalue weighted by Gasteiger charge is -2.61. The zero-order chi connectivity index (χ0) is 18.8. The van der Waals surface area contributed by atoms with Gasteiger partial charge >= 0.3 is 0 Å². The van der Waals surface area contributed by atoms with Crippen molar-refractivity contribution in [2.45, 2.75) is 63.1 Å². The SMILES string of the molecule is Cc1nnn(C23C[C@@H]4C[C@H](CC(NCc5nc(-c6ccco6)no5)(C4)C2)C3)n1. The van der Waals surface area contributed by atoms with Gasteiger partial charge in [0.1, 0.15) is 0 Å². The monoisotopic (exact) mass is 381 g/mol. The third kappa shape index (κ3) is 2.52. The molecule has 2 atom stereocenters. The van der Waals surface area contributed by atoms with Crippen molar-refractivity contribution in [2.75, 3.05) is 0 Å². The number of aryl methyl sites for hydroxylation is 1. The fourth-order valence-corrected chi connectivity index (χ4v) is 6.24. The van der Waals surface area contributed by atoms with E-state index in [2.05, 4.69) is 30.9 Å². The quantitative estimate of drug-likeness (QED) is 0.718. The van der Waals surface area contributed by atoms with Gasteiger partial charge in [0.2, 0.25) is 11.7 Å². The Kier molecular flexibility index (Phi) is 3.36. The highest BCUT2D eigenvalue weighted by molar-refractivity contribution is 5.44. The normalized spacial score (nSPS) is 33.6. The van der Waals surface area contributed by atoms with Crippen LogP contribution in [0.25, 0.3) is 11.6 Å². The first-order valence-electron chi connectivity index (χ1n) is 10.0. The first kappa shape index (κ1) is 16.4. The molecule has 0 aliphatic heterocycles. The lowest BCUT2D eigenvalue weighted by molar-refractivity contribution is -0.0860. The Morgan fingerprint density at radius 1 is 1.25 bits per heavy atom. The molecule has 28 heavy (non-hydrogen) atoms. The van der Waals surface area contributed by atoms with Gasteiger partial charge in [0.05, 0.1) is 18.3 Å². The number of aromatic nitrogens is 6. The van der Waals surface area contributed by atoms with Gasteiger partial charge in [-0.2, -0.15) is 9.78 Å². The van der Waals surface area contributed by atoms with Gasteiger partial charge in [0.25, 0.3) is 0 Å². The minimum absolute atomic E-state index is 0.00743. The van der Waals surface area contributed by atoms with Crippen LogP contribution in [0.4, 0.5) is 0 Å². The Hall–Kier alpha value is -2.55. The van der Waals surface area contributed by atoms with Crippen LogP contribution in [0.3, 0.4) is 0 Å². The van der Waals surface area contributed by atoms with E-state index in [9.17, 15) is 0 Å². The van der Waals surface area contributed by atoms with E-state index in [1.807, 2.05) is 23.9 Å². The maximum atomic E-state index is 5.44. The molecule has 4 aliphatic rings. The second-order valence-electron chi connectivity index (χ2n) is 8.93. The minimum Gasteiger partial charge on any atom is -0.461 e. The van der Waals surface area contributed by atoms with Gasteiger partial charge in [-0.3, -0.25) is 0 Å². The van der Waals surface area contributed by atoms with E-state index >= 15 is 0 Å². The number of furan rings is 1. The van der Waals surface area contributed by atoms with E-state index in [1.54, 1.807) is 6.26 Å². The summed E-state index contributed by atoms with van der Waals surface area (Å²) >= 11 is 0. The molecule has 4 fully saturated rings. The molecule has 3 heterocycles. The largest absolute Gasteiger partial charge is 0.461 e. The van der Waals surface area contributed by atoms with Crippen LogP contribution in [-0.2, 0) is 12.1 Å². The fourth-order valence-electron chi connectivity index (χ4n) is 6.24. The molecule has 9 heteroatoms. The second kappa shape index (κ2) is 5.73. The van der Waals surface area contributed by atoms with Crippen LogP contribution >= 0.6 is 0 Å². The van der Waals surface area contributed by atoms with E-state index in [0.29, 0.717) is 35.9 Å². The molecule has 0 radical (unpaired) electrons.